The zero-order chi connectivity index (χ0) is 6.97. The Morgan fingerprint density at radius 2 is 2.20 bits per heavy atom. The van der Waals surface area contributed by atoms with Crippen LogP contribution in [0.15, 0.2) is 24.3 Å². The lowest BCUT2D eigenvalue weighted by Crippen LogP contribution is -1.91. The maximum Gasteiger partial charge on any atom is 0.0618 e. The lowest BCUT2D eigenvalue weighted by molar-refractivity contribution is 0.902. The molecule has 0 fully saturated rings. The maximum atomic E-state index is 4.33. The summed E-state index contributed by atoms with van der Waals surface area (Å²) in [6.45, 7) is 0.888. The second kappa shape index (κ2) is 2.27. The normalized spacial score (nSPS) is 21.9. The van der Waals surface area contributed by atoms with Crippen molar-refractivity contribution in [1.82, 2.24) is 5.32 Å². The van der Waals surface area contributed by atoms with Crippen LogP contribution in [-0.2, 0) is 0 Å². The van der Waals surface area contributed by atoms with Crippen LogP contribution in [0, 0.1) is 0 Å². The molecule has 1 atom stereocenters. The summed E-state index contributed by atoms with van der Waals surface area (Å²) < 4.78 is 0. The molecule has 0 saturated carbocycles. The van der Waals surface area contributed by atoms with Crippen LogP contribution in [0.25, 0.3) is 0 Å². The van der Waals surface area contributed by atoms with Crippen molar-refractivity contribution in [3.63, 3.8) is 0 Å². The highest BCUT2D eigenvalue weighted by molar-refractivity contribution is 9.09. The number of nitrogens with zero attached hydrogens (tertiary/aromatic N) is 1. The summed E-state index contributed by atoms with van der Waals surface area (Å²) in [6.07, 6.45) is 0. The van der Waals surface area contributed by atoms with Crippen LogP contribution in [0.4, 0.5) is 5.69 Å². The van der Waals surface area contributed by atoms with Gasteiger partial charge in [0.25, 0.3) is 0 Å². The highest BCUT2D eigenvalue weighted by Gasteiger charge is 2.19. The monoisotopic (exact) mass is 196 g/mol. The number of halogens is 1. The van der Waals surface area contributed by atoms with Crippen molar-refractivity contribution in [2.45, 2.75) is 4.83 Å². The van der Waals surface area contributed by atoms with Crippen LogP contribution >= 0.6 is 15.9 Å². The summed E-state index contributed by atoms with van der Waals surface area (Å²) in [5.41, 5.74) is 2.46. The van der Waals surface area contributed by atoms with Crippen LogP contribution in [0.3, 0.4) is 0 Å². The average Bonchev–Trinajstić information content (AvgIpc) is 2.34. The van der Waals surface area contributed by atoms with E-state index in [-0.39, 0.29) is 0 Å². The second-order valence-electron chi connectivity index (χ2n) is 2.37. The van der Waals surface area contributed by atoms with Gasteiger partial charge in [-0.05, 0) is 11.6 Å². The Morgan fingerprint density at radius 3 is 3.00 bits per heavy atom. The van der Waals surface area contributed by atoms with E-state index in [1.54, 1.807) is 0 Å². The molecular weight excluding hydrogens is 190 g/mol. The second-order valence-corrected chi connectivity index (χ2v) is 3.47. The van der Waals surface area contributed by atoms with Crippen LogP contribution in [0.5, 0.6) is 0 Å². The SMILES string of the molecule is BrC1C[N]c2ccccc21. The van der Waals surface area contributed by atoms with Crippen LogP contribution < -0.4 is 5.32 Å². The summed E-state index contributed by atoms with van der Waals surface area (Å²) in [4.78, 5) is 0.448. The quantitative estimate of drug-likeness (QED) is 0.567. The van der Waals surface area contributed by atoms with Gasteiger partial charge in [0.05, 0.1) is 17.1 Å². The lowest BCUT2D eigenvalue weighted by Gasteiger charge is -1.96. The van der Waals surface area contributed by atoms with Gasteiger partial charge in [-0.15, -0.1) is 0 Å². The van der Waals surface area contributed by atoms with Gasteiger partial charge in [-0.1, -0.05) is 34.1 Å². The van der Waals surface area contributed by atoms with Crippen molar-refractivity contribution in [3.8, 4) is 0 Å². The van der Waals surface area contributed by atoms with Crippen molar-refractivity contribution < 1.29 is 0 Å². The largest absolute Gasteiger partial charge is 0.284 e. The van der Waals surface area contributed by atoms with Crippen molar-refractivity contribution in [3.05, 3.63) is 29.8 Å². The molecule has 0 saturated heterocycles. The Kier molecular flexibility index (Phi) is 1.42. The first-order valence-corrected chi connectivity index (χ1v) is 4.20. The number of hydrogen-bond acceptors (Lipinski definition) is 0. The van der Waals surface area contributed by atoms with Gasteiger partial charge in [-0.25, -0.2) is 0 Å². The minimum absolute atomic E-state index is 0.448. The lowest BCUT2D eigenvalue weighted by atomic mass is 10.2. The zero-order valence-corrected chi connectivity index (χ0v) is 7.01. The smallest absolute Gasteiger partial charge is 0.0618 e. The van der Waals surface area contributed by atoms with Gasteiger partial charge in [0.1, 0.15) is 0 Å². The molecule has 51 valence electrons. The first-order chi connectivity index (χ1) is 4.88. The van der Waals surface area contributed by atoms with Gasteiger partial charge >= 0.3 is 0 Å². The fourth-order valence-electron chi connectivity index (χ4n) is 1.17. The molecule has 1 heterocycles. The Balaban J connectivity index is 2.51. The maximum absolute atomic E-state index is 4.33. The van der Waals surface area contributed by atoms with Crippen molar-refractivity contribution in [1.29, 1.82) is 0 Å². The van der Waals surface area contributed by atoms with Gasteiger partial charge in [0, 0.05) is 0 Å². The average molecular weight is 197 g/mol. The third-order valence-electron chi connectivity index (χ3n) is 1.70. The van der Waals surface area contributed by atoms with Gasteiger partial charge in [-0.2, -0.15) is 0 Å². The molecule has 1 radical (unpaired) electrons. The first-order valence-electron chi connectivity index (χ1n) is 3.28. The van der Waals surface area contributed by atoms with E-state index in [4.69, 9.17) is 0 Å². The third kappa shape index (κ3) is 0.833. The summed E-state index contributed by atoms with van der Waals surface area (Å²) in [6, 6.07) is 8.24. The van der Waals surface area contributed by atoms with Crippen LogP contribution in [0.1, 0.15) is 10.4 Å². The molecule has 1 aromatic carbocycles. The Morgan fingerprint density at radius 1 is 1.40 bits per heavy atom. The Labute approximate surface area is 68.6 Å². The number of alkyl halides is 1. The standard InChI is InChI=1S/C8H7BrN/c9-7-5-10-8-4-2-1-3-6(7)8/h1-4,7H,5H2. The molecule has 1 unspecified atom stereocenters. The van der Waals surface area contributed by atoms with E-state index in [1.165, 1.54) is 5.56 Å². The van der Waals surface area contributed by atoms with Crippen molar-refractivity contribution in [2.24, 2.45) is 0 Å². The highest BCUT2D eigenvalue weighted by atomic mass is 79.9. The summed E-state index contributed by atoms with van der Waals surface area (Å²) in [7, 11) is 0. The van der Waals surface area contributed by atoms with Gasteiger partial charge in [0.2, 0.25) is 0 Å². The zero-order valence-electron chi connectivity index (χ0n) is 5.42. The van der Waals surface area contributed by atoms with E-state index in [2.05, 4.69) is 33.4 Å². The van der Waals surface area contributed by atoms with Crippen LogP contribution in [-0.4, -0.2) is 6.54 Å². The molecule has 1 aromatic rings. The van der Waals surface area contributed by atoms with Crippen LogP contribution in [0.2, 0.25) is 0 Å². The van der Waals surface area contributed by atoms with E-state index >= 15 is 0 Å². The number of rotatable bonds is 0. The highest BCUT2D eigenvalue weighted by Crippen LogP contribution is 2.34. The summed E-state index contributed by atoms with van der Waals surface area (Å²) in [5.74, 6) is 0. The molecule has 0 N–H and O–H groups in total. The molecule has 2 heteroatoms. The number of benzene rings is 1. The molecule has 0 spiro atoms. The molecule has 0 aromatic heterocycles. The number of fused-ring (bicyclic) bond motifs is 1. The molecular formula is C8H7BrN. The number of hydrogen-bond donors (Lipinski definition) is 0. The first kappa shape index (κ1) is 6.23. The fraction of sp³-hybridized carbons (Fsp3) is 0.250. The molecule has 0 bridgehead atoms. The molecule has 1 aliphatic rings. The predicted molar refractivity (Wildman–Crippen MR) is 44.8 cm³/mol. The minimum atomic E-state index is 0.448. The molecule has 0 amide bonds. The topological polar surface area (TPSA) is 14.1 Å². The van der Waals surface area contributed by atoms with E-state index in [0.717, 1.165) is 12.2 Å². The Hall–Kier alpha value is -0.500. The molecule has 1 aliphatic heterocycles. The summed E-state index contributed by atoms with van der Waals surface area (Å²) in [5, 5.41) is 4.33. The van der Waals surface area contributed by atoms with Gasteiger partial charge in [0.15, 0.2) is 0 Å². The Bertz CT molecular complexity index is 247. The molecule has 10 heavy (non-hydrogen) atoms. The van der Waals surface area contributed by atoms with Crippen molar-refractivity contribution in [2.75, 3.05) is 6.54 Å². The van der Waals surface area contributed by atoms with E-state index in [0.29, 0.717) is 4.83 Å². The van der Waals surface area contributed by atoms with Gasteiger partial charge in [-0.3, -0.25) is 5.32 Å². The van der Waals surface area contributed by atoms with Crippen molar-refractivity contribution >= 4 is 21.6 Å². The molecule has 0 aliphatic carbocycles. The van der Waals surface area contributed by atoms with E-state index in [9.17, 15) is 0 Å². The minimum Gasteiger partial charge on any atom is -0.284 e. The van der Waals surface area contributed by atoms with Gasteiger partial charge < -0.3 is 0 Å². The fourth-order valence-corrected chi connectivity index (χ4v) is 1.71. The third-order valence-corrected chi connectivity index (χ3v) is 2.48. The predicted octanol–water partition coefficient (Wildman–Crippen LogP) is 2.37. The summed E-state index contributed by atoms with van der Waals surface area (Å²) >= 11 is 3.54. The molecule has 1 nitrogen and oxygen atoms in total. The van der Waals surface area contributed by atoms with E-state index < -0.39 is 0 Å². The van der Waals surface area contributed by atoms with E-state index in [1.807, 2.05) is 12.1 Å². The molecule has 2 rings (SSSR count). The number of para-hydroxylation sites is 1.